The number of esters is 2. The standard InChI is InChI=1S/C41H59N5O6Si.C32H39N5O6/c1-24(2)53(25(3)4,26(5)6)52-32-18-20-41(23-32)19-17-29-11-12-30-15-16-33(44-35(30)22-29)27(7)42-37(47)34-10-9-21-46(45-34)39(49)28(8)43-38(48)36(31-13-14-31)51-40(41)50;1-18-24-10-9-21-6-5-20(16-26(21)35-24)11-13-32(14-12-23(38)17-32)31(42)43-27(22-7-8-22)29(40)34-19(2)30(41)37-15-3-4-25(36-37)28(39)33-18/h11-12,15-17,19,22,24-28,31-32,34,36,45H,9-10,13-14,18,20-21,23H2,1-8H3,(H,42,47)(H,43,48);5-6,9-11,13,16,18-19,22-23,25,27,36,38H,3-4,7-8,12,14-15,17H2,1-2H3,(H,33,39)(H,34,40)/b19-17+;13-11+/t27-,28+,32?,34+,36+,41?;18-,19+,23?,25+,27+,32?/m11/s1. The fourth-order valence-corrected chi connectivity index (χ4v) is 21.0. The van der Waals surface area contributed by atoms with Crippen LogP contribution in [-0.2, 0) is 52.3 Å². The lowest BCUT2D eigenvalue weighted by atomic mass is 9.85. The molecular formula is C73H98N10O12Si. The summed E-state index contributed by atoms with van der Waals surface area (Å²) < 4.78 is 19.4. The van der Waals surface area contributed by atoms with Crippen molar-refractivity contribution in [3.63, 3.8) is 0 Å². The second kappa shape index (κ2) is 28.9. The van der Waals surface area contributed by atoms with Crippen LogP contribution in [0.25, 0.3) is 34.0 Å². The molecular weight excluding hydrogens is 1240 g/mol. The Morgan fingerprint density at radius 2 is 0.927 bits per heavy atom. The van der Waals surface area contributed by atoms with E-state index < -0.39 is 85.4 Å². The van der Waals surface area contributed by atoms with Crippen LogP contribution in [0.1, 0.15) is 194 Å². The molecule has 23 heteroatoms. The number of benzene rings is 2. The van der Waals surface area contributed by atoms with E-state index in [2.05, 4.69) is 73.7 Å². The van der Waals surface area contributed by atoms with Crippen LogP contribution in [0.3, 0.4) is 0 Å². The highest BCUT2D eigenvalue weighted by molar-refractivity contribution is 6.77. The third-order valence-electron chi connectivity index (χ3n) is 21.3. The largest absolute Gasteiger partial charge is 0.451 e. The number of nitrogens with zero attached hydrogens (tertiary/aromatic N) is 4. The van der Waals surface area contributed by atoms with Gasteiger partial charge in [0.15, 0.2) is 12.2 Å². The molecule has 12 atom stereocenters. The third-order valence-corrected chi connectivity index (χ3v) is 27.4. The van der Waals surface area contributed by atoms with E-state index in [0.717, 1.165) is 58.6 Å². The number of amides is 6. The minimum absolute atomic E-state index is 0.107. The number of pyridine rings is 2. The quantitative estimate of drug-likeness (QED) is 0.0672. The molecule has 12 rings (SSSR count). The van der Waals surface area contributed by atoms with Gasteiger partial charge in [-0.2, -0.15) is 0 Å². The molecule has 2 aromatic carbocycles. The summed E-state index contributed by atoms with van der Waals surface area (Å²) in [6.45, 7) is 21.4. The zero-order valence-electron chi connectivity index (χ0n) is 57.3. The highest BCUT2D eigenvalue weighted by Gasteiger charge is 2.54. The van der Waals surface area contributed by atoms with Crippen LogP contribution in [0.15, 0.2) is 72.8 Å². The Labute approximate surface area is 564 Å². The molecule has 0 radical (unpaired) electrons. The molecule has 4 unspecified atom stereocenters. The van der Waals surface area contributed by atoms with Gasteiger partial charge in [-0.1, -0.05) is 102 Å². The molecule has 2 spiro atoms. The number of fused-ring (bicyclic) bond motifs is 8. The molecule has 8 aliphatic rings. The fraction of sp³-hybridized carbons (Fsp3) is 0.589. The lowest BCUT2D eigenvalue weighted by Crippen LogP contribution is -2.61. The van der Waals surface area contributed by atoms with E-state index in [9.17, 15) is 43.5 Å². The second-order valence-electron chi connectivity index (χ2n) is 29.4. The Kier molecular flexibility index (Phi) is 21.1. The monoisotopic (exact) mass is 1330 g/mol. The zero-order chi connectivity index (χ0) is 68.5. The molecule has 10 bridgehead atoms. The van der Waals surface area contributed by atoms with Gasteiger partial charge in [0.2, 0.25) is 20.1 Å². The number of carbonyl (C=O) groups excluding carboxylic acids is 8. The van der Waals surface area contributed by atoms with Crippen molar-refractivity contribution in [1.82, 2.24) is 52.1 Å². The van der Waals surface area contributed by atoms with Crippen molar-refractivity contribution in [3.8, 4) is 0 Å². The van der Waals surface area contributed by atoms with Gasteiger partial charge in [0.05, 0.1) is 51.4 Å². The molecule has 2 aromatic heterocycles. The topological polar surface area (TPSA) is 289 Å². The maximum Gasteiger partial charge on any atom is 0.316 e. The van der Waals surface area contributed by atoms with E-state index in [4.69, 9.17) is 23.9 Å². The van der Waals surface area contributed by atoms with Crippen LogP contribution < -0.4 is 32.1 Å². The lowest BCUT2D eigenvalue weighted by Gasteiger charge is -2.44. The van der Waals surface area contributed by atoms with E-state index in [-0.39, 0.29) is 60.1 Å². The number of hydrazine groups is 2. The van der Waals surface area contributed by atoms with Gasteiger partial charge >= 0.3 is 11.9 Å². The maximum absolute atomic E-state index is 14.6. The number of carbonyl (C=O) groups is 8. The maximum atomic E-state index is 14.6. The smallest absolute Gasteiger partial charge is 0.316 e. The van der Waals surface area contributed by atoms with E-state index in [1.807, 2.05) is 92.7 Å². The van der Waals surface area contributed by atoms with E-state index in [1.54, 1.807) is 19.9 Å². The average molecular weight is 1340 g/mol. The number of aliphatic hydroxyl groups is 1. The van der Waals surface area contributed by atoms with Crippen molar-refractivity contribution in [2.24, 2.45) is 22.7 Å². The minimum Gasteiger partial charge on any atom is -0.451 e. The molecule has 4 saturated carbocycles. The number of nitrogens with one attached hydrogen (secondary N) is 6. The number of rotatable bonds is 7. The molecule has 6 amide bonds. The fourth-order valence-electron chi connectivity index (χ4n) is 15.4. The average Bonchev–Trinajstić information content (AvgIpc) is 1.29. The van der Waals surface area contributed by atoms with Crippen molar-refractivity contribution in [2.75, 3.05) is 13.1 Å². The Hall–Kier alpha value is -7.44. The summed E-state index contributed by atoms with van der Waals surface area (Å²) in [4.78, 5) is 119. The van der Waals surface area contributed by atoms with Crippen LogP contribution >= 0.6 is 0 Å². The molecule has 516 valence electrons. The van der Waals surface area contributed by atoms with Crippen LogP contribution in [0.2, 0.25) is 16.6 Å². The molecule has 22 nitrogen and oxygen atoms in total. The number of cyclic esters (lactones) is 2. The van der Waals surface area contributed by atoms with Gasteiger partial charge < -0.3 is 40.3 Å². The van der Waals surface area contributed by atoms with Crippen LogP contribution in [-0.4, -0.2) is 142 Å². The molecule has 4 aliphatic carbocycles. The van der Waals surface area contributed by atoms with Crippen LogP contribution in [0, 0.1) is 22.7 Å². The summed E-state index contributed by atoms with van der Waals surface area (Å²) in [7, 11) is -2.24. The van der Waals surface area contributed by atoms with Crippen molar-refractivity contribution in [2.45, 2.75) is 236 Å². The first-order valence-electron chi connectivity index (χ1n) is 35.1. The summed E-state index contributed by atoms with van der Waals surface area (Å²) in [5.41, 5.74) is 9.85. The Morgan fingerprint density at radius 3 is 1.33 bits per heavy atom. The van der Waals surface area contributed by atoms with E-state index >= 15 is 0 Å². The highest BCUT2D eigenvalue weighted by atomic mass is 28.4. The van der Waals surface area contributed by atoms with Crippen LogP contribution in [0.5, 0.6) is 0 Å². The summed E-state index contributed by atoms with van der Waals surface area (Å²) in [6, 6.07) is 15.8. The third kappa shape index (κ3) is 15.3. The molecule has 6 heterocycles. The minimum atomic E-state index is -2.24. The normalized spacial score (nSPS) is 31.4. The first-order chi connectivity index (χ1) is 45.7. The van der Waals surface area contributed by atoms with Gasteiger partial charge in [-0.05, 0) is 170 Å². The van der Waals surface area contributed by atoms with Gasteiger partial charge in [-0.15, -0.1) is 0 Å². The number of hydrogen-bond acceptors (Lipinski definition) is 16. The first-order valence-corrected chi connectivity index (χ1v) is 37.2. The predicted octanol–water partition coefficient (Wildman–Crippen LogP) is 8.78. The van der Waals surface area contributed by atoms with Gasteiger partial charge in [0, 0.05) is 41.8 Å². The van der Waals surface area contributed by atoms with Gasteiger partial charge in [0.1, 0.15) is 24.2 Å². The highest BCUT2D eigenvalue weighted by Crippen LogP contribution is 2.50. The molecule has 4 aliphatic heterocycles. The van der Waals surface area contributed by atoms with E-state index in [0.29, 0.717) is 98.9 Å². The molecule has 7 N–H and O–H groups in total. The number of aliphatic hydroxyl groups excluding tert-OH is 1. The van der Waals surface area contributed by atoms with Crippen LogP contribution in [0.4, 0.5) is 0 Å². The summed E-state index contributed by atoms with van der Waals surface area (Å²) in [5.74, 6) is -3.39. The number of hydrogen-bond donors (Lipinski definition) is 7. The first kappa shape index (κ1) is 69.9. The van der Waals surface area contributed by atoms with Crippen molar-refractivity contribution >= 4 is 89.7 Å². The SMILES string of the molecule is CC(C)[Si](OC1CCC2(/C=C/c3ccc4ccc(nc4c3)[C@@H](C)NC(=O)[C@@H]3CCCN(N3)C(=O)[C@H](C)NC(=O)[C@H](C3CC3)OC2=O)C1)(C(C)C)C(C)C.C[C@@H]1NC(=O)[C@H](C2CC2)OC(=O)C2(/C=C/c3ccc4ccc(nc4c3)[C@@H](C)NC(=O)[C@@H]3CCCN(N3)C1=O)CCC(O)C2. The molecule has 96 heavy (non-hydrogen) atoms. The Bertz CT molecular complexity index is 3660. The summed E-state index contributed by atoms with van der Waals surface area (Å²) in [5, 5.41) is 26.8. The summed E-state index contributed by atoms with van der Waals surface area (Å²) >= 11 is 0. The van der Waals surface area contributed by atoms with Crippen molar-refractivity contribution in [1.29, 1.82) is 0 Å². The Morgan fingerprint density at radius 1 is 0.521 bits per heavy atom. The second-order valence-corrected chi connectivity index (χ2v) is 34.8. The number of aromatic nitrogens is 2. The van der Waals surface area contributed by atoms with Gasteiger partial charge in [-0.3, -0.25) is 58.3 Å². The Balaban J connectivity index is 0.000000199. The molecule has 6 fully saturated rings. The van der Waals surface area contributed by atoms with E-state index in [1.165, 1.54) is 10.0 Å². The van der Waals surface area contributed by atoms with Gasteiger partial charge in [-0.25, -0.2) is 10.9 Å². The zero-order valence-corrected chi connectivity index (χ0v) is 58.3. The van der Waals surface area contributed by atoms with Crippen molar-refractivity contribution in [3.05, 3.63) is 95.3 Å². The summed E-state index contributed by atoms with van der Waals surface area (Å²) in [6.07, 6.45) is 12.9. The van der Waals surface area contributed by atoms with Crippen molar-refractivity contribution < 1.29 is 57.4 Å². The number of ether oxygens (including phenoxy) is 2. The van der Waals surface area contributed by atoms with Gasteiger partial charge in [0.25, 0.3) is 23.6 Å². The lowest BCUT2D eigenvalue weighted by molar-refractivity contribution is -0.165. The molecule has 4 aromatic rings. The predicted molar refractivity (Wildman–Crippen MR) is 365 cm³/mol. The molecule has 2 saturated heterocycles.